The fraction of sp³-hybridized carbons (Fsp3) is 0.929. The SMILES string of the molecule is CCCCC(CC)COOOOOOC(=O)OC(C)(C)CC. The second-order valence-electron chi connectivity index (χ2n) is 5.52. The molecule has 1 unspecified atom stereocenters. The standard InChI is InChI=1S/C14H28O8/c1-6-9-10-12(7-2)11-16-19-21-22-20-18-13(15)17-14(4,5)8-3/h12H,6-11H2,1-5H3. The van der Waals surface area contributed by atoms with Gasteiger partial charge in [0.05, 0.1) is 6.61 Å². The topological polar surface area (TPSA) is 81.7 Å². The van der Waals surface area contributed by atoms with Crippen LogP contribution in [0.1, 0.15) is 66.7 Å². The number of carbonyl (C=O) groups excluding carboxylic acids is 1. The Bertz CT molecular complexity index is 282. The normalized spacial score (nSPS) is 13.0. The van der Waals surface area contributed by atoms with Crippen LogP contribution in [0.25, 0.3) is 0 Å². The third-order valence-electron chi connectivity index (χ3n) is 3.29. The molecule has 22 heavy (non-hydrogen) atoms. The van der Waals surface area contributed by atoms with E-state index < -0.39 is 11.8 Å². The molecule has 0 aromatic heterocycles. The summed E-state index contributed by atoms with van der Waals surface area (Å²) in [7, 11) is 0. The third-order valence-corrected chi connectivity index (χ3v) is 3.29. The fourth-order valence-corrected chi connectivity index (χ4v) is 1.42. The second-order valence-corrected chi connectivity index (χ2v) is 5.52. The summed E-state index contributed by atoms with van der Waals surface area (Å²) in [5.41, 5.74) is -0.658. The van der Waals surface area contributed by atoms with E-state index in [1.807, 2.05) is 6.92 Å². The molecular weight excluding hydrogens is 296 g/mol. The van der Waals surface area contributed by atoms with E-state index in [0.29, 0.717) is 18.9 Å². The first-order valence-electron chi connectivity index (χ1n) is 7.64. The van der Waals surface area contributed by atoms with Crippen molar-refractivity contribution in [2.75, 3.05) is 6.61 Å². The Morgan fingerprint density at radius 3 is 2.32 bits per heavy atom. The van der Waals surface area contributed by atoms with Gasteiger partial charge in [0.25, 0.3) is 0 Å². The number of ether oxygens (including phenoxy) is 1. The van der Waals surface area contributed by atoms with E-state index in [2.05, 4.69) is 38.9 Å². The fourth-order valence-electron chi connectivity index (χ4n) is 1.42. The van der Waals surface area contributed by atoms with Crippen molar-refractivity contribution in [1.82, 2.24) is 0 Å². The largest absolute Gasteiger partial charge is 0.543 e. The van der Waals surface area contributed by atoms with Gasteiger partial charge < -0.3 is 4.74 Å². The van der Waals surface area contributed by atoms with Gasteiger partial charge in [0.15, 0.2) is 0 Å². The quantitative estimate of drug-likeness (QED) is 0.216. The van der Waals surface area contributed by atoms with E-state index in [1.165, 1.54) is 0 Å². The molecule has 0 saturated carbocycles. The monoisotopic (exact) mass is 324 g/mol. The summed E-state index contributed by atoms with van der Waals surface area (Å²) in [5, 5.41) is 16.3. The Morgan fingerprint density at radius 1 is 1.05 bits per heavy atom. The average molecular weight is 324 g/mol. The molecule has 0 N–H and O–H groups in total. The van der Waals surface area contributed by atoms with Crippen molar-refractivity contribution < 1.29 is 39.5 Å². The molecule has 8 heteroatoms. The lowest BCUT2D eigenvalue weighted by atomic mass is 10.0. The maximum Gasteiger partial charge on any atom is 0.543 e. The first-order valence-corrected chi connectivity index (χ1v) is 7.64. The molecule has 0 heterocycles. The minimum Gasteiger partial charge on any atom is -0.426 e. The van der Waals surface area contributed by atoms with Gasteiger partial charge >= 0.3 is 6.16 Å². The highest BCUT2D eigenvalue weighted by molar-refractivity contribution is 5.59. The van der Waals surface area contributed by atoms with E-state index >= 15 is 0 Å². The molecule has 0 spiro atoms. The van der Waals surface area contributed by atoms with Gasteiger partial charge in [-0.3, -0.25) is 0 Å². The van der Waals surface area contributed by atoms with Crippen molar-refractivity contribution in [2.45, 2.75) is 72.3 Å². The molecule has 0 aliphatic heterocycles. The first kappa shape index (κ1) is 21.1. The average Bonchev–Trinajstić information content (AvgIpc) is 2.48. The number of hydrogen-bond acceptors (Lipinski definition) is 8. The zero-order valence-electron chi connectivity index (χ0n) is 14.1. The van der Waals surface area contributed by atoms with Crippen LogP contribution in [0, 0.1) is 5.92 Å². The summed E-state index contributed by atoms with van der Waals surface area (Å²) < 4.78 is 4.90. The Hall–Kier alpha value is -0.930. The van der Waals surface area contributed by atoms with Crippen molar-refractivity contribution in [3.8, 4) is 0 Å². The van der Waals surface area contributed by atoms with Crippen LogP contribution in [0.2, 0.25) is 0 Å². The number of unbranched alkanes of at least 4 members (excludes halogenated alkanes) is 1. The van der Waals surface area contributed by atoms with E-state index in [1.54, 1.807) is 13.8 Å². The van der Waals surface area contributed by atoms with Gasteiger partial charge in [-0.25, -0.2) is 14.6 Å². The molecule has 0 radical (unpaired) electrons. The van der Waals surface area contributed by atoms with Crippen molar-refractivity contribution in [3.63, 3.8) is 0 Å². The van der Waals surface area contributed by atoms with Crippen molar-refractivity contribution in [2.24, 2.45) is 5.92 Å². The molecule has 0 saturated heterocycles. The predicted molar refractivity (Wildman–Crippen MR) is 75.5 cm³/mol. The van der Waals surface area contributed by atoms with Crippen LogP contribution in [-0.2, 0) is 34.7 Å². The minimum absolute atomic E-state index is 0.369. The Kier molecular flexibility index (Phi) is 12.1. The molecule has 0 aliphatic carbocycles. The van der Waals surface area contributed by atoms with Gasteiger partial charge in [-0.2, -0.15) is 0 Å². The lowest BCUT2D eigenvalue weighted by molar-refractivity contribution is -0.750. The minimum atomic E-state index is -1.05. The molecule has 132 valence electrons. The smallest absolute Gasteiger partial charge is 0.426 e. The second kappa shape index (κ2) is 12.6. The van der Waals surface area contributed by atoms with E-state index in [9.17, 15) is 4.79 Å². The molecule has 0 aliphatic rings. The van der Waals surface area contributed by atoms with Crippen LogP contribution >= 0.6 is 0 Å². The summed E-state index contributed by atoms with van der Waals surface area (Å²) in [4.78, 5) is 20.1. The van der Waals surface area contributed by atoms with E-state index in [-0.39, 0.29) is 0 Å². The molecule has 0 aromatic rings. The molecule has 0 rings (SSSR count). The van der Waals surface area contributed by atoms with Crippen LogP contribution in [0.5, 0.6) is 0 Å². The lowest BCUT2D eigenvalue weighted by Crippen LogP contribution is -2.27. The van der Waals surface area contributed by atoms with Gasteiger partial charge in [0.2, 0.25) is 0 Å². The number of carbonyl (C=O) groups is 1. The maximum absolute atomic E-state index is 11.2. The molecule has 0 bridgehead atoms. The van der Waals surface area contributed by atoms with E-state index in [4.69, 9.17) is 9.62 Å². The Labute approximate surface area is 131 Å². The van der Waals surface area contributed by atoms with Gasteiger partial charge in [-0.05, 0) is 42.7 Å². The third kappa shape index (κ3) is 11.7. The summed E-state index contributed by atoms with van der Waals surface area (Å²) in [6.07, 6.45) is 3.85. The van der Waals surface area contributed by atoms with Crippen LogP contribution in [0.4, 0.5) is 4.79 Å². The molecule has 0 aromatic carbocycles. The Morgan fingerprint density at radius 2 is 1.73 bits per heavy atom. The van der Waals surface area contributed by atoms with Gasteiger partial charge in [-0.15, -0.1) is 0 Å². The van der Waals surface area contributed by atoms with Crippen molar-refractivity contribution >= 4 is 6.16 Å². The molecule has 1 atom stereocenters. The van der Waals surface area contributed by atoms with Crippen molar-refractivity contribution in [1.29, 1.82) is 0 Å². The lowest BCUT2D eigenvalue weighted by Gasteiger charge is -2.21. The van der Waals surface area contributed by atoms with Crippen LogP contribution < -0.4 is 0 Å². The first-order chi connectivity index (χ1) is 10.4. The molecule has 0 amide bonds. The number of rotatable bonds is 13. The molecular formula is C14H28O8. The van der Waals surface area contributed by atoms with Gasteiger partial charge in [0.1, 0.15) is 5.60 Å². The number of hydrogen-bond donors (Lipinski definition) is 0. The van der Waals surface area contributed by atoms with Crippen LogP contribution in [0.3, 0.4) is 0 Å². The predicted octanol–water partition coefficient (Wildman–Crippen LogP) is 4.20. The summed E-state index contributed by atoms with van der Waals surface area (Å²) >= 11 is 0. The molecule has 0 fully saturated rings. The van der Waals surface area contributed by atoms with Crippen molar-refractivity contribution in [3.05, 3.63) is 0 Å². The van der Waals surface area contributed by atoms with Crippen LogP contribution in [-0.4, -0.2) is 18.4 Å². The highest BCUT2D eigenvalue weighted by atomic mass is 17.8. The highest BCUT2D eigenvalue weighted by Gasteiger charge is 2.22. The molecule has 8 nitrogen and oxygen atoms in total. The summed E-state index contributed by atoms with van der Waals surface area (Å²) in [6, 6.07) is 0. The van der Waals surface area contributed by atoms with Gasteiger partial charge in [-0.1, -0.05) is 40.0 Å². The van der Waals surface area contributed by atoms with Gasteiger partial charge in [0, 0.05) is 10.1 Å². The summed E-state index contributed by atoms with van der Waals surface area (Å²) in [5.74, 6) is 0.381. The zero-order chi connectivity index (χ0) is 16.8. The highest BCUT2D eigenvalue weighted by Crippen LogP contribution is 2.14. The zero-order valence-corrected chi connectivity index (χ0v) is 14.1. The summed E-state index contributed by atoms with van der Waals surface area (Å²) in [6.45, 7) is 9.89. The maximum atomic E-state index is 11.2. The van der Waals surface area contributed by atoms with Crippen LogP contribution in [0.15, 0.2) is 0 Å². The Balaban J connectivity index is 3.52. The van der Waals surface area contributed by atoms with E-state index in [0.717, 1.165) is 25.7 Å².